The number of hydrogen-bond acceptors (Lipinski definition) is 5. The summed E-state index contributed by atoms with van der Waals surface area (Å²) in [4.78, 5) is 13.7. The van der Waals surface area contributed by atoms with Gasteiger partial charge in [-0.3, -0.25) is 9.69 Å². The molecule has 5 N–H and O–H groups in total. The minimum atomic E-state index is -0.107. The van der Waals surface area contributed by atoms with E-state index in [0.29, 0.717) is 48.9 Å². The van der Waals surface area contributed by atoms with Gasteiger partial charge in [-0.1, -0.05) is 11.6 Å². The van der Waals surface area contributed by atoms with E-state index in [1.807, 2.05) is 4.90 Å². The SMILES string of the molecule is Nc1cc(NC(=O)CCCN(CCO)CCO)ccc1Cl. The lowest BCUT2D eigenvalue weighted by molar-refractivity contribution is -0.116. The van der Waals surface area contributed by atoms with Gasteiger partial charge in [-0.05, 0) is 31.2 Å². The van der Waals surface area contributed by atoms with E-state index in [1.165, 1.54) is 0 Å². The summed E-state index contributed by atoms with van der Waals surface area (Å²) >= 11 is 5.81. The first-order valence-corrected chi connectivity index (χ1v) is 7.23. The number of aliphatic hydroxyl groups excluding tert-OH is 2. The van der Waals surface area contributed by atoms with Crippen LogP contribution in [0.4, 0.5) is 11.4 Å². The van der Waals surface area contributed by atoms with Crippen molar-refractivity contribution in [1.29, 1.82) is 0 Å². The smallest absolute Gasteiger partial charge is 0.224 e. The highest BCUT2D eigenvalue weighted by Crippen LogP contribution is 2.22. The monoisotopic (exact) mass is 315 g/mol. The van der Waals surface area contributed by atoms with Crippen LogP contribution in [0.5, 0.6) is 0 Å². The summed E-state index contributed by atoms with van der Waals surface area (Å²) in [6, 6.07) is 4.95. The molecule has 0 heterocycles. The van der Waals surface area contributed by atoms with Gasteiger partial charge in [0.25, 0.3) is 0 Å². The third-order valence-corrected chi connectivity index (χ3v) is 3.33. The number of carbonyl (C=O) groups excluding carboxylic acids is 1. The maximum absolute atomic E-state index is 11.8. The van der Waals surface area contributed by atoms with Crippen molar-refractivity contribution in [2.45, 2.75) is 12.8 Å². The Bertz CT molecular complexity index is 451. The second kappa shape index (κ2) is 9.57. The lowest BCUT2D eigenvalue weighted by Crippen LogP contribution is -2.31. The number of nitrogens with one attached hydrogen (secondary N) is 1. The van der Waals surface area contributed by atoms with Gasteiger partial charge in [0.1, 0.15) is 0 Å². The number of carbonyl (C=O) groups is 1. The summed E-state index contributed by atoms with van der Waals surface area (Å²) in [6.45, 7) is 1.72. The average Bonchev–Trinajstić information content (AvgIpc) is 2.43. The van der Waals surface area contributed by atoms with Crippen LogP contribution < -0.4 is 11.1 Å². The zero-order chi connectivity index (χ0) is 15.7. The van der Waals surface area contributed by atoms with Gasteiger partial charge >= 0.3 is 0 Å². The van der Waals surface area contributed by atoms with Gasteiger partial charge < -0.3 is 21.3 Å². The van der Waals surface area contributed by atoms with Crippen LogP contribution in [-0.2, 0) is 4.79 Å². The second-order valence-electron chi connectivity index (χ2n) is 4.68. The molecule has 1 amide bonds. The summed E-state index contributed by atoms with van der Waals surface area (Å²) in [5.74, 6) is -0.107. The molecule has 6 nitrogen and oxygen atoms in total. The third-order valence-electron chi connectivity index (χ3n) is 2.99. The molecule has 7 heteroatoms. The van der Waals surface area contributed by atoms with Crippen LogP contribution in [-0.4, -0.2) is 53.9 Å². The van der Waals surface area contributed by atoms with Gasteiger partial charge in [-0.2, -0.15) is 0 Å². The van der Waals surface area contributed by atoms with Gasteiger partial charge in [0.2, 0.25) is 5.91 Å². The van der Waals surface area contributed by atoms with Crippen LogP contribution in [0.15, 0.2) is 18.2 Å². The standard InChI is InChI=1S/C14H22ClN3O3/c15-12-4-3-11(10-13(12)16)17-14(21)2-1-5-18(6-8-19)7-9-20/h3-4,10,19-20H,1-2,5-9,16H2,(H,17,21). The van der Waals surface area contributed by atoms with Crippen LogP contribution in [0, 0.1) is 0 Å². The van der Waals surface area contributed by atoms with Crippen LogP contribution in [0.3, 0.4) is 0 Å². The van der Waals surface area contributed by atoms with Crippen molar-refractivity contribution in [1.82, 2.24) is 4.90 Å². The number of nitrogens with zero attached hydrogens (tertiary/aromatic N) is 1. The molecule has 1 rings (SSSR count). The Labute approximate surface area is 129 Å². The lowest BCUT2D eigenvalue weighted by Gasteiger charge is -2.19. The first kappa shape index (κ1) is 17.7. The van der Waals surface area contributed by atoms with Gasteiger partial charge in [0, 0.05) is 25.2 Å². The molecule has 0 atom stereocenters. The zero-order valence-electron chi connectivity index (χ0n) is 11.9. The van der Waals surface area contributed by atoms with Crippen molar-refractivity contribution in [3.8, 4) is 0 Å². The van der Waals surface area contributed by atoms with E-state index in [9.17, 15) is 4.79 Å². The van der Waals surface area contributed by atoms with Crippen molar-refractivity contribution in [2.75, 3.05) is 43.9 Å². The molecule has 0 saturated carbocycles. The molecular formula is C14H22ClN3O3. The van der Waals surface area contributed by atoms with E-state index in [1.54, 1.807) is 18.2 Å². The summed E-state index contributed by atoms with van der Waals surface area (Å²) in [7, 11) is 0. The Morgan fingerprint density at radius 2 is 1.90 bits per heavy atom. The quantitative estimate of drug-likeness (QED) is 0.508. The molecule has 0 spiro atoms. The van der Waals surface area contributed by atoms with Crippen molar-refractivity contribution < 1.29 is 15.0 Å². The number of rotatable bonds is 9. The molecule has 0 radical (unpaired) electrons. The maximum atomic E-state index is 11.8. The predicted molar refractivity (Wildman–Crippen MR) is 84.3 cm³/mol. The fraction of sp³-hybridized carbons (Fsp3) is 0.500. The number of benzene rings is 1. The van der Waals surface area contributed by atoms with E-state index in [2.05, 4.69) is 5.32 Å². The number of amides is 1. The Morgan fingerprint density at radius 3 is 2.48 bits per heavy atom. The zero-order valence-corrected chi connectivity index (χ0v) is 12.6. The highest BCUT2D eigenvalue weighted by Gasteiger charge is 2.07. The van der Waals surface area contributed by atoms with Crippen LogP contribution in [0.2, 0.25) is 5.02 Å². The second-order valence-corrected chi connectivity index (χ2v) is 5.08. The number of halogens is 1. The highest BCUT2D eigenvalue weighted by molar-refractivity contribution is 6.33. The number of aliphatic hydroxyl groups is 2. The molecule has 0 saturated heterocycles. The molecule has 1 aromatic rings. The summed E-state index contributed by atoms with van der Waals surface area (Å²) in [5, 5.41) is 21.0. The van der Waals surface area contributed by atoms with Gasteiger partial charge in [-0.15, -0.1) is 0 Å². The van der Waals surface area contributed by atoms with E-state index in [0.717, 1.165) is 0 Å². The lowest BCUT2D eigenvalue weighted by atomic mass is 10.2. The van der Waals surface area contributed by atoms with E-state index < -0.39 is 0 Å². The molecule has 0 aliphatic carbocycles. The maximum Gasteiger partial charge on any atom is 0.224 e. The van der Waals surface area contributed by atoms with E-state index in [-0.39, 0.29) is 19.1 Å². The fourth-order valence-electron chi connectivity index (χ4n) is 1.93. The molecule has 1 aromatic carbocycles. The highest BCUT2D eigenvalue weighted by atomic mass is 35.5. The predicted octanol–water partition coefficient (Wildman–Crippen LogP) is 0.928. The van der Waals surface area contributed by atoms with Crippen LogP contribution in [0.1, 0.15) is 12.8 Å². The topological polar surface area (TPSA) is 98.8 Å². The van der Waals surface area contributed by atoms with Gasteiger partial charge in [-0.25, -0.2) is 0 Å². The van der Waals surface area contributed by atoms with Crippen molar-refractivity contribution in [3.63, 3.8) is 0 Å². The molecule has 0 aromatic heterocycles. The Kier molecular flexibility index (Phi) is 8.07. The molecule has 0 aliphatic heterocycles. The van der Waals surface area contributed by atoms with Crippen molar-refractivity contribution in [3.05, 3.63) is 23.2 Å². The summed E-state index contributed by atoms with van der Waals surface area (Å²) in [6.07, 6.45) is 1.00. The fourth-order valence-corrected chi connectivity index (χ4v) is 2.04. The molecule has 0 aliphatic rings. The third kappa shape index (κ3) is 6.77. The number of nitrogens with two attached hydrogens (primary N) is 1. The molecule has 0 unspecified atom stereocenters. The molecule has 0 fully saturated rings. The van der Waals surface area contributed by atoms with Crippen molar-refractivity contribution >= 4 is 28.9 Å². The first-order valence-electron chi connectivity index (χ1n) is 6.85. The van der Waals surface area contributed by atoms with Gasteiger partial charge in [0.05, 0.1) is 23.9 Å². The molecular weight excluding hydrogens is 294 g/mol. The number of nitrogen functional groups attached to an aromatic ring is 1. The Morgan fingerprint density at radius 1 is 1.24 bits per heavy atom. The Balaban J connectivity index is 2.34. The van der Waals surface area contributed by atoms with Crippen LogP contribution >= 0.6 is 11.6 Å². The summed E-state index contributed by atoms with van der Waals surface area (Å²) in [5.41, 5.74) is 6.70. The first-order chi connectivity index (χ1) is 10.1. The van der Waals surface area contributed by atoms with Crippen molar-refractivity contribution in [2.24, 2.45) is 0 Å². The minimum Gasteiger partial charge on any atom is -0.397 e. The normalized spacial score (nSPS) is 10.9. The largest absolute Gasteiger partial charge is 0.397 e. The van der Waals surface area contributed by atoms with Gasteiger partial charge in [0.15, 0.2) is 0 Å². The molecule has 0 bridgehead atoms. The van der Waals surface area contributed by atoms with E-state index in [4.69, 9.17) is 27.5 Å². The molecule has 21 heavy (non-hydrogen) atoms. The summed E-state index contributed by atoms with van der Waals surface area (Å²) < 4.78 is 0. The Hall–Kier alpha value is -1.34. The number of hydrogen-bond donors (Lipinski definition) is 4. The molecule has 118 valence electrons. The number of anilines is 2. The van der Waals surface area contributed by atoms with E-state index >= 15 is 0 Å². The average molecular weight is 316 g/mol. The minimum absolute atomic E-state index is 0.0379. The van der Waals surface area contributed by atoms with Crippen LogP contribution in [0.25, 0.3) is 0 Å².